The summed E-state index contributed by atoms with van der Waals surface area (Å²) in [5, 5.41) is 0.436. The van der Waals surface area contributed by atoms with Crippen molar-refractivity contribution in [2.24, 2.45) is 5.92 Å². The second kappa shape index (κ2) is 7.09. The van der Waals surface area contributed by atoms with Crippen LogP contribution in [0.2, 0.25) is 0 Å². The maximum absolute atomic E-state index is 13.8. The minimum Gasteiger partial charge on any atom is -0.350 e. The Morgan fingerprint density at radius 3 is 2.42 bits per heavy atom. The summed E-state index contributed by atoms with van der Waals surface area (Å²) in [4.78, 5) is 32.1. The van der Waals surface area contributed by atoms with Crippen molar-refractivity contribution in [1.82, 2.24) is 14.8 Å². The van der Waals surface area contributed by atoms with Gasteiger partial charge >= 0.3 is 0 Å². The van der Waals surface area contributed by atoms with Gasteiger partial charge in [0.15, 0.2) is 0 Å². The number of likely N-dealkylation sites (tertiary alicyclic amines) is 2. The Bertz CT molecular complexity index is 818. The van der Waals surface area contributed by atoms with E-state index in [1.807, 2.05) is 4.90 Å². The SMILES string of the molecule is O=C(c1cc2c(F)cccc2[nH]1)N1CCC(C(=O)N2CCCCC2)CC1. The molecular weight excluding hydrogens is 333 g/mol. The van der Waals surface area contributed by atoms with E-state index < -0.39 is 0 Å². The molecule has 3 heterocycles. The number of carbonyl (C=O) groups is 2. The number of halogens is 1. The number of rotatable bonds is 2. The summed E-state index contributed by atoms with van der Waals surface area (Å²) in [6, 6.07) is 6.36. The molecule has 26 heavy (non-hydrogen) atoms. The number of nitrogens with one attached hydrogen (secondary N) is 1. The molecule has 2 fully saturated rings. The molecule has 138 valence electrons. The highest BCUT2D eigenvalue weighted by Crippen LogP contribution is 2.24. The van der Waals surface area contributed by atoms with E-state index in [1.54, 1.807) is 23.1 Å². The fourth-order valence-corrected chi connectivity index (χ4v) is 4.11. The number of fused-ring (bicyclic) bond motifs is 1. The van der Waals surface area contributed by atoms with Crippen molar-refractivity contribution in [2.45, 2.75) is 32.1 Å². The number of amides is 2. The van der Waals surface area contributed by atoms with Crippen LogP contribution in [0.1, 0.15) is 42.6 Å². The van der Waals surface area contributed by atoms with Gasteiger partial charge in [-0.25, -0.2) is 4.39 Å². The minimum absolute atomic E-state index is 0.0253. The lowest BCUT2D eigenvalue weighted by Gasteiger charge is -2.35. The van der Waals surface area contributed by atoms with Crippen LogP contribution < -0.4 is 0 Å². The largest absolute Gasteiger partial charge is 0.350 e. The molecular formula is C20H24FN3O2. The summed E-state index contributed by atoms with van der Waals surface area (Å²) >= 11 is 0. The third-order valence-corrected chi connectivity index (χ3v) is 5.64. The summed E-state index contributed by atoms with van der Waals surface area (Å²) in [6.45, 7) is 2.89. The predicted octanol–water partition coefficient (Wildman–Crippen LogP) is 3.17. The molecule has 6 heteroatoms. The molecule has 2 aliphatic heterocycles. The molecule has 2 aliphatic rings. The van der Waals surface area contributed by atoms with E-state index in [1.165, 1.54) is 12.5 Å². The number of nitrogens with zero attached hydrogens (tertiary/aromatic N) is 2. The molecule has 1 aromatic carbocycles. The highest BCUT2D eigenvalue weighted by molar-refractivity contribution is 5.98. The number of aromatic amines is 1. The fraction of sp³-hybridized carbons (Fsp3) is 0.500. The zero-order chi connectivity index (χ0) is 18.1. The van der Waals surface area contributed by atoms with Gasteiger partial charge in [-0.15, -0.1) is 0 Å². The normalized spacial score (nSPS) is 19.1. The molecule has 5 nitrogen and oxygen atoms in total. The maximum atomic E-state index is 13.8. The molecule has 2 amide bonds. The van der Waals surface area contributed by atoms with Crippen molar-refractivity contribution in [3.63, 3.8) is 0 Å². The Kier molecular flexibility index (Phi) is 4.66. The first-order valence-electron chi connectivity index (χ1n) is 9.49. The first-order chi connectivity index (χ1) is 12.6. The second-order valence-corrected chi connectivity index (χ2v) is 7.34. The Hall–Kier alpha value is -2.37. The summed E-state index contributed by atoms with van der Waals surface area (Å²) in [5.41, 5.74) is 1.04. The summed E-state index contributed by atoms with van der Waals surface area (Å²) in [6.07, 6.45) is 4.81. The predicted molar refractivity (Wildman–Crippen MR) is 97.3 cm³/mol. The first-order valence-corrected chi connectivity index (χ1v) is 9.49. The lowest BCUT2D eigenvalue weighted by atomic mass is 9.94. The summed E-state index contributed by atoms with van der Waals surface area (Å²) in [5.74, 6) is -0.171. The van der Waals surface area contributed by atoms with Crippen molar-refractivity contribution >= 4 is 22.7 Å². The Morgan fingerprint density at radius 1 is 1.00 bits per heavy atom. The molecule has 0 radical (unpaired) electrons. The number of carbonyl (C=O) groups excluding carboxylic acids is 2. The zero-order valence-electron chi connectivity index (χ0n) is 14.8. The van der Waals surface area contributed by atoms with Crippen LogP contribution in [0.5, 0.6) is 0 Å². The number of benzene rings is 1. The van der Waals surface area contributed by atoms with E-state index in [0.717, 1.165) is 25.9 Å². The highest BCUT2D eigenvalue weighted by Gasteiger charge is 2.31. The van der Waals surface area contributed by atoms with Crippen LogP contribution in [0.3, 0.4) is 0 Å². The van der Waals surface area contributed by atoms with Crippen molar-refractivity contribution in [3.8, 4) is 0 Å². The summed E-state index contributed by atoms with van der Waals surface area (Å²) < 4.78 is 13.8. The molecule has 0 bridgehead atoms. The average molecular weight is 357 g/mol. The van der Waals surface area contributed by atoms with E-state index in [0.29, 0.717) is 42.5 Å². The van der Waals surface area contributed by atoms with Crippen LogP contribution in [0, 0.1) is 11.7 Å². The lowest BCUT2D eigenvalue weighted by molar-refractivity contribution is -0.137. The van der Waals surface area contributed by atoms with E-state index in [4.69, 9.17) is 0 Å². The Morgan fingerprint density at radius 2 is 1.73 bits per heavy atom. The molecule has 0 unspecified atom stereocenters. The van der Waals surface area contributed by atoms with Crippen molar-refractivity contribution in [2.75, 3.05) is 26.2 Å². The molecule has 0 spiro atoms. The van der Waals surface area contributed by atoms with Gasteiger partial charge in [0.2, 0.25) is 5.91 Å². The van der Waals surface area contributed by atoms with Gasteiger partial charge in [-0.05, 0) is 50.3 Å². The fourth-order valence-electron chi connectivity index (χ4n) is 4.11. The van der Waals surface area contributed by atoms with Gasteiger partial charge in [0, 0.05) is 43.0 Å². The topological polar surface area (TPSA) is 56.4 Å². The van der Waals surface area contributed by atoms with Crippen LogP contribution in [0.4, 0.5) is 4.39 Å². The monoisotopic (exact) mass is 357 g/mol. The van der Waals surface area contributed by atoms with Crippen molar-refractivity contribution in [3.05, 3.63) is 35.8 Å². The number of hydrogen-bond acceptors (Lipinski definition) is 2. The van der Waals surface area contributed by atoms with Gasteiger partial charge in [0.25, 0.3) is 5.91 Å². The quantitative estimate of drug-likeness (QED) is 0.897. The van der Waals surface area contributed by atoms with Gasteiger partial charge in [-0.3, -0.25) is 9.59 Å². The van der Waals surface area contributed by atoms with Crippen molar-refractivity contribution < 1.29 is 14.0 Å². The van der Waals surface area contributed by atoms with Crippen LogP contribution in [0.15, 0.2) is 24.3 Å². The zero-order valence-corrected chi connectivity index (χ0v) is 14.8. The minimum atomic E-state index is -0.330. The van der Waals surface area contributed by atoms with Gasteiger partial charge in [-0.2, -0.15) is 0 Å². The van der Waals surface area contributed by atoms with Crippen molar-refractivity contribution in [1.29, 1.82) is 0 Å². The smallest absolute Gasteiger partial charge is 0.270 e. The van der Waals surface area contributed by atoms with Gasteiger partial charge < -0.3 is 14.8 Å². The molecule has 1 aromatic heterocycles. The first kappa shape index (κ1) is 17.1. The van der Waals surface area contributed by atoms with Crippen LogP contribution in [-0.2, 0) is 4.79 Å². The third kappa shape index (κ3) is 3.20. The maximum Gasteiger partial charge on any atom is 0.270 e. The number of aromatic nitrogens is 1. The van der Waals surface area contributed by atoms with Crippen LogP contribution >= 0.6 is 0 Å². The van der Waals surface area contributed by atoms with Crippen LogP contribution in [0.25, 0.3) is 10.9 Å². The highest BCUT2D eigenvalue weighted by atomic mass is 19.1. The number of hydrogen-bond donors (Lipinski definition) is 1. The summed E-state index contributed by atoms with van der Waals surface area (Å²) in [7, 11) is 0. The van der Waals surface area contributed by atoms with E-state index >= 15 is 0 Å². The van der Waals surface area contributed by atoms with E-state index in [2.05, 4.69) is 4.98 Å². The molecule has 2 saturated heterocycles. The number of H-pyrrole nitrogens is 1. The molecule has 0 atom stereocenters. The molecule has 0 saturated carbocycles. The second-order valence-electron chi connectivity index (χ2n) is 7.34. The van der Waals surface area contributed by atoms with Gasteiger partial charge in [-0.1, -0.05) is 6.07 Å². The van der Waals surface area contributed by atoms with Gasteiger partial charge in [0.05, 0.1) is 0 Å². The Labute approximate surface area is 152 Å². The molecule has 1 N–H and O–H groups in total. The van der Waals surface area contributed by atoms with Gasteiger partial charge in [0.1, 0.15) is 11.5 Å². The lowest BCUT2D eigenvalue weighted by Crippen LogP contribution is -2.45. The molecule has 0 aliphatic carbocycles. The Balaban J connectivity index is 1.39. The third-order valence-electron chi connectivity index (χ3n) is 5.64. The van der Waals surface area contributed by atoms with Crippen LogP contribution in [-0.4, -0.2) is 52.8 Å². The number of piperidine rings is 2. The average Bonchev–Trinajstić information content (AvgIpc) is 3.13. The molecule has 2 aromatic rings. The standard InChI is InChI=1S/C20H24FN3O2/c21-16-5-4-6-17-15(16)13-18(22-17)20(26)24-11-7-14(8-12-24)19(25)23-9-2-1-3-10-23/h4-6,13-14,22H,1-3,7-12H2. The van der Waals surface area contributed by atoms with E-state index in [-0.39, 0.29) is 23.5 Å². The van der Waals surface area contributed by atoms with E-state index in [9.17, 15) is 14.0 Å². The molecule has 4 rings (SSSR count).